The maximum Gasteiger partial charge on any atom is 0.250 e. The van der Waals surface area contributed by atoms with Gasteiger partial charge in [-0.15, -0.1) is 21.5 Å². The van der Waals surface area contributed by atoms with E-state index in [1.807, 2.05) is 17.5 Å². The van der Waals surface area contributed by atoms with Crippen LogP contribution >= 0.6 is 11.3 Å². The first-order valence-electron chi connectivity index (χ1n) is 11.6. The number of nitrogens with zero attached hydrogens (tertiary/aromatic N) is 5. The van der Waals surface area contributed by atoms with Crippen molar-refractivity contribution in [1.29, 1.82) is 0 Å². The normalized spacial score (nSPS) is 12.0. The van der Waals surface area contributed by atoms with Crippen LogP contribution in [0.3, 0.4) is 0 Å². The predicted octanol–water partition coefficient (Wildman–Crippen LogP) is 4.07. The van der Waals surface area contributed by atoms with Crippen molar-refractivity contribution in [2.45, 2.75) is 39.4 Å². The van der Waals surface area contributed by atoms with Gasteiger partial charge in [-0.3, -0.25) is 9.59 Å². The number of hydrogen-bond donors (Lipinski definition) is 1. The molecule has 4 rings (SSSR count). The number of halogens is 1. The highest BCUT2D eigenvalue weighted by Crippen LogP contribution is 2.26. The molecule has 0 spiro atoms. The Morgan fingerprint density at radius 3 is 2.64 bits per heavy atom. The number of carbonyl (C=O) groups excluding carboxylic acids is 2. The lowest BCUT2D eigenvalue weighted by Gasteiger charge is -2.29. The van der Waals surface area contributed by atoms with Crippen molar-refractivity contribution in [3.63, 3.8) is 0 Å². The van der Waals surface area contributed by atoms with E-state index in [4.69, 9.17) is 4.42 Å². The summed E-state index contributed by atoms with van der Waals surface area (Å²) in [6, 6.07) is 11.9. The molecule has 0 bridgehead atoms. The Kier molecular flexibility index (Phi) is 8.21. The van der Waals surface area contributed by atoms with Crippen molar-refractivity contribution in [2.75, 3.05) is 6.54 Å². The summed E-state index contributed by atoms with van der Waals surface area (Å²) in [5, 5.41) is 17.1. The SMILES string of the molecule is CC(C)CCNC(=O)C(c1ccco1)N(Cc1cccs1)C(=O)Cn1nnc(-c2ccc(F)cc2)n1. The maximum absolute atomic E-state index is 13.6. The third kappa shape index (κ3) is 6.42. The fourth-order valence-corrected chi connectivity index (χ4v) is 4.29. The van der Waals surface area contributed by atoms with Gasteiger partial charge in [-0.05, 0) is 65.4 Å². The number of amides is 2. The second-order valence-corrected chi connectivity index (χ2v) is 9.68. The van der Waals surface area contributed by atoms with Crippen LogP contribution in [0.4, 0.5) is 4.39 Å². The molecule has 1 unspecified atom stereocenters. The summed E-state index contributed by atoms with van der Waals surface area (Å²) < 4.78 is 18.8. The van der Waals surface area contributed by atoms with Crippen LogP contribution in [0.1, 0.15) is 36.9 Å². The van der Waals surface area contributed by atoms with Crippen LogP contribution in [0.5, 0.6) is 0 Å². The van der Waals surface area contributed by atoms with Crippen LogP contribution in [-0.2, 0) is 22.7 Å². The Morgan fingerprint density at radius 1 is 1.17 bits per heavy atom. The Hall–Kier alpha value is -3.86. The molecule has 0 aliphatic carbocycles. The molecule has 0 aliphatic rings. The molecule has 4 aromatic rings. The molecule has 0 saturated heterocycles. The van der Waals surface area contributed by atoms with Gasteiger partial charge in [-0.1, -0.05) is 19.9 Å². The minimum absolute atomic E-state index is 0.207. The second kappa shape index (κ2) is 11.7. The predicted molar refractivity (Wildman–Crippen MR) is 132 cm³/mol. The lowest BCUT2D eigenvalue weighted by atomic mass is 10.1. The minimum Gasteiger partial charge on any atom is -0.467 e. The van der Waals surface area contributed by atoms with E-state index < -0.39 is 6.04 Å². The Bertz CT molecular complexity index is 1260. The first-order chi connectivity index (χ1) is 17.4. The van der Waals surface area contributed by atoms with Crippen molar-refractivity contribution < 1.29 is 18.4 Å². The first kappa shape index (κ1) is 25.2. The number of nitrogens with one attached hydrogen (secondary N) is 1. The lowest BCUT2D eigenvalue weighted by Crippen LogP contribution is -2.44. The number of benzene rings is 1. The number of hydrogen-bond acceptors (Lipinski definition) is 7. The smallest absolute Gasteiger partial charge is 0.250 e. The number of rotatable bonds is 11. The van der Waals surface area contributed by atoms with E-state index in [1.54, 1.807) is 12.1 Å². The summed E-state index contributed by atoms with van der Waals surface area (Å²) in [4.78, 5) is 30.5. The molecule has 0 saturated carbocycles. The van der Waals surface area contributed by atoms with E-state index >= 15 is 0 Å². The van der Waals surface area contributed by atoms with Gasteiger partial charge in [0.25, 0.3) is 5.91 Å². The van der Waals surface area contributed by atoms with Gasteiger partial charge in [0.05, 0.1) is 12.8 Å². The highest BCUT2D eigenvalue weighted by atomic mass is 32.1. The zero-order chi connectivity index (χ0) is 25.5. The van der Waals surface area contributed by atoms with E-state index in [2.05, 4.69) is 34.6 Å². The zero-order valence-electron chi connectivity index (χ0n) is 20.0. The van der Waals surface area contributed by atoms with Gasteiger partial charge in [0, 0.05) is 17.0 Å². The molecule has 9 nitrogen and oxygen atoms in total. The first-order valence-corrected chi connectivity index (χ1v) is 12.5. The van der Waals surface area contributed by atoms with E-state index in [0.717, 1.165) is 16.1 Å². The fourth-order valence-electron chi connectivity index (χ4n) is 3.58. The van der Waals surface area contributed by atoms with Crippen molar-refractivity contribution in [1.82, 2.24) is 30.4 Å². The van der Waals surface area contributed by atoms with Crippen molar-refractivity contribution >= 4 is 23.2 Å². The van der Waals surface area contributed by atoms with E-state index in [0.29, 0.717) is 23.8 Å². The maximum atomic E-state index is 13.6. The standard InChI is InChI=1S/C25H27FN6O3S/c1-17(2)11-12-27-25(34)23(21-6-3-13-35-21)31(15-20-5-4-14-36-20)22(33)16-32-29-24(28-30-32)18-7-9-19(26)10-8-18/h3-10,13-14,17,23H,11-12,15-16H2,1-2H3,(H,27,34). The summed E-state index contributed by atoms with van der Waals surface area (Å²) in [6.07, 6.45) is 2.29. The Morgan fingerprint density at radius 2 is 1.97 bits per heavy atom. The molecule has 0 fully saturated rings. The monoisotopic (exact) mass is 510 g/mol. The summed E-state index contributed by atoms with van der Waals surface area (Å²) >= 11 is 1.49. The molecule has 3 aromatic heterocycles. The largest absolute Gasteiger partial charge is 0.467 e. The molecule has 1 N–H and O–H groups in total. The molecule has 0 radical (unpaired) electrons. The van der Waals surface area contributed by atoms with Gasteiger partial charge >= 0.3 is 0 Å². The lowest BCUT2D eigenvalue weighted by molar-refractivity contribution is -0.143. The molecule has 1 aromatic carbocycles. The van der Waals surface area contributed by atoms with Gasteiger partial charge in [-0.2, -0.15) is 4.80 Å². The number of tetrazole rings is 1. The quantitative estimate of drug-likeness (QED) is 0.326. The topological polar surface area (TPSA) is 106 Å². The van der Waals surface area contributed by atoms with E-state index in [1.165, 1.54) is 46.8 Å². The van der Waals surface area contributed by atoms with Gasteiger partial charge in [0.15, 0.2) is 6.04 Å². The van der Waals surface area contributed by atoms with Crippen molar-refractivity contribution in [3.05, 3.63) is 76.6 Å². The number of furan rings is 1. The van der Waals surface area contributed by atoms with Crippen LogP contribution in [0, 0.1) is 11.7 Å². The summed E-state index contributed by atoms with van der Waals surface area (Å²) in [7, 11) is 0. The molecular formula is C25H27FN6O3S. The number of carbonyl (C=O) groups is 2. The summed E-state index contributed by atoms with van der Waals surface area (Å²) in [6.45, 7) is 4.61. The van der Waals surface area contributed by atoms with Crippen LogP contribution < -0.4 is 5.32 Å². The second-order valence-electron chi connectivity index (χ2n) is 8.64. The van der Waals surface area contributed by atoms with Crippen LogP contribution in [0.25, 0.3) is 11.4 Å². The average molecular weight is 511 g/mol. The van der Waals surface area contributed by atoms with Gasteiger partial charge in [0.2, 0.25) is 11.7 Å². The van der Waals surface area contributed by atoms with Crippen molar-refractivity contribution in [3.8, 4) is 11.4 Å². The van der Waals surface area contributed by atoms with E-state index in [9.17, 15) is 14.0 Å². The molecule has 36 heavy (non-hydrogen) atoms. The molecule has 3 heterocycles. The molecule has 1 atom stereocenters. The average Bonchev–Trinajstić information content (AvgIpc) is 3.63. The zero-order valence-corrected chi connectivity index (χ0v) is 20.8. The van der Waals surface area contributed by atoms with Crippen molar-refractivity contribution in [2.24, 2.45) is 5.92 Å². The van der Waals surface area contributed by atoms with Crippen LogP contribution in [0.15, 0.2) is 64.6 Å². The third-order valence-electron chi connectivity index (χ3n) is 5.45. The molecule has 2 amide bonds. The number of aromatic nitrogens is 4. The minimum atomic E-state index is -0.971. The Balaban J connectivity index is 1.58. The van der Waals surface area contributed by atoms with Gasteiger partial charge in [-0.25, -0.2) is 4.39 Å². The van der Waals surface area contributed by atoms with Gasteiger partial charge in [0.1, 0.15) is 18.1 Å². The fraction of sp³-hybridized carbons (Fsp3) is 0.320. The Labute approximate surface area is 211 Å². The third-order valence-corrected chi connectivity index (χ3v) is 6.31. The molecular weight excluding hydrogens is 483 g/mol. The number of thiophene rings is 1. The van der Waals surface area contributed by atoms with E-state index in [-0.39, 0.29) is 36.5 Å². The highest BCUT2D eigenvalue weighted by Gasteiger charge is 2.34. The molecule has 188 valence electrons. The highest BCUT2D eigenvalue weighted by molar-refractivity contribution is 7.09. The molecule has 0 aliphatic heterocycles. The summed E-state index contributed by atoms with van der Waals surface area (Å²) in [5.74, 6) is -0.0332. The van der Waals surface area contributed by atoms with Crippen LogP contribution in [0.2, 0.25) is 0 Å². The van der Waals surface area contributed by atoms with Crippen LogP contribution in [-0.4, -0.2) is 43.5 Å². The molecule has 11 heteroatoms. The summed E-state index contributed by atoms with van der Waals surface area (Å²) in [5.41, 5.74) is 0.573. The van der Waals surface area contributed by atoms with Gasteiger partial charge < -0.3 is 14.6 Å².